The Hall–Kier alpha value is -0.340. The van der Waals surface area contributed by atoms with Crippen LogP contribution in [0.1, 0.15) is 19.8 Å². The fourth-order valence-corrected chi connectivity index (χ4v) is 4.73. The zero-order valence-electron chi connectivity index (χ0n) is 12.8. The molecule has 0 radical (unpaired) electrons. The van der Waals surface area contributed by atoms with Gasteiger partial charge in [-0.15, -0.1) is 0 Å². The second-order valence-electron chi connectivity index (χ2n) is 5.52. The van der Waals surface area contributed by atoms with E-state index in [0.29, 0.717) is 22.1 Å². The van der Waals surface area contributed by atoms with Crippen LogP contribution in [0.4, 0.5) is 0 Å². The molecule has 124 valence electrons. The molecule has 22 heavy (non-hydrogen) atoms. The molecule has 0 saturated heterocycles. The minimum atomic E-state index is -3.70. The van der Waals surface area contributed by atoms with Crippen molar-refractivity contribution >= 4 is 37.6 Å². The third kappa shape index (κ3) is 4.14. The lowest BCUT2D eigenvalue weighted by Crippen LogP contribution is -2.41. The smallest absolute Gasteiger partial charge is 0.244 e. The van der Waals surface area contributed by atoms with Gasteiger partial charge in [0.25, 0.3) is 0 Å². The molecule has 0 aromatic heterocycles. The first-order valence-electron chi connectivity index (χ1n) is 7.01. The van der Waals surface area contributed by atoms with E-state index in [1.54, 1.807) is 6.07 Å². The number of nitrogens with one attached hydrogen (secondary N) is 1. The first kappa shape index (κ1) is 18.0. The van der Waals surface area contributed by atoms with Crippen molar-refractivity contribution in [3.05, 3.63) is 21.6 Å². The van der Waals surface area contributed by atoms with E-state index in [0.717, 1.165) is 0 Å². The average Bonchev–Trinajstić information content (AvgIpc) is 3.28. The van der Waals surface area contributed by atoms with Gasteiger partial charge in [0, 0.05) is 23.7 Å². The lowest BCUT2D eigenvalue weighted by Gasteiger charge is -2.24. The van der Waals surface area contributed by atoms with Gasteiger partial charge in [-0.05, 0) is 54.9 Å². The van der Waals surface area contributed by atoms with Crippen molar-refractivity contribution in [1.29, 1.82) is 0 Å². The van der Waals surface area contributed by atoms with Crippen LogP contribution in [0.2, 0.25) is 5.02 Å². The number of methoxy groups -OCH3 is 1. The van der Waals surface area contributed by atoms with E-state index >= 15 is 0 Å². The Morgan fingerprint density at radius 1 is 1.50 bits per heavy atom. The summed E-state index contributed by atoms with van der Waals surface area (Å²) in [5.74, 6) is 0.250. The normalized spacial score (nSPS) is 16.8. The Bertz CT molecular complexity index is 650. The maximum absolute atomic E-state index is 12.5. The molecule has 1 aliphatic rings. The van der Waals surface area contributed by atoms with Crippen LogP contribution in [0, 0.1) is 0 Å². The van der Waals surface area contributed by atoms with Gasteiger partial charge in [0.1, 0.15) is 4.90 Å². The predicted molar refractivity (Wildman–Crippen MR) is 91.1 cm³/mol. The van der Waals surface area contributed by atoms with Gasteiger partial charge in [-0.25, -0.2) is 13.1 Å². The third-order valence-electron chi connectivity index (χ3n) is 3.85. The summed E-state index contributed by atoms with van der Waals surface area (Å²) in [6, 6.07) is 3.69. The van der Waals surface area contributed by atoms with Gasteiger partial charge < -0.3 is 4.74 Å². The number of sulfonamides is 1. The molecule has 8 heteroatoms. The van der Waals surface area contributed by atoms with Crippen molar-refractivity contribution in [3.63, 3.8) is 0 Å². The van der Waals surface area contributed by atoms with E-state index in [9.17, 15) is 8.42 Å². The van der Waals surface area contributed by atoms with Crippen molar-refractivity contribution in [3.8, 4) is 5.75 Å². The summed E-state index contributed by atoms with van der Waals surface area (Å²) >= 11 is 9.23. The molecule has 0 heterocycles. The van der Waals surface area contributed by atoms with Crippen LogP contribution in [0.3, 0.4) is 0 Å². The molecule has 1 aliphatic carbocycles. The third-order valence-corrected chi connectivity index (χ3v) is 6.09. The van der Waals surface area contributed by atoms with Gasteiger partial charge in [-0.2, -0.15) is 0 Å². The molecule has 2 rings (SSSR count). The number of hydrogen-bond acceptors (Lipinski definition) is 4. The quantitative estimate of drug-likeness (QED) is 0.749. The van der Waals surface area contributed by atoms with E-state index in [4.69, 9.17) is 16.3 Å². The molecule has 1 unspecified atom stereocenters. The molecule has 0 amide bonds. The topological polar surface area (TPSA) is 58.6 Å². The van der Waals surface area contributed by atoms with Crippen LogP contribution < -0.4 is 9.46 Å². The van der Waals surface area contributed by atoms with Gasteiger partial charge in [0.15, 0.2) is 5.75 Å². The average molecular weight is 412 g/mol. The van der Waals surface area contributed by atoms with Gasteiger partial charge in [0.05, 0.1) is 11.6 Å². The van der Waals surface area contributed by atoms with E-state index < -0.39 is 10.0 Å². The SMILES string of the molecule is COc1c(Br)cc(Cl)cc1S(=O)(=O)NCC(C)N(C)C1CC1. The minimum absolute atomic E-state index is 0.0376. The molecule has 5 nitrogen and oxygen atoms in total. The number of benzene rings is 1. The summed E-state index contributed by atoms with van der Waals surface area (Å²) in [7, 11) is -0.250. The summed E-state index contributed by atoms with van der Waals surface area (Å²) in [4.78, 5) is 2.24. The standard InChI is InChI=1S/C14H20BrClN2O3S/c1-9(18(2)11-4-5-11)8-17-22(19,20)13-7-10(16)6-12(15)14(13)21-3/h6-7,9,11,17H,4-5,8H2,1-3H3. The highest BCUT2D eigenvalue weighted by Gasteiger charge is 2.30. The van der Waals surface area contributed by atoms with Gasteiger partial charge in [0.2, 0.25) is 10.0 Å². The zero-order chi connectivity index (χ0) is 16.5. The van der Waals surface area contributed by atoms with Crippen molar-refractivity contribution in [2.24, 2.45) is 0 Å². The van der Waals surface area contributed by atoms with Crippen LogP contribution in [0.25, 0.3) is 0 Å². The zero-order valence-corrected chi connectivity index (χ0v) is 15.9. The maximum Gasteiger partial charge on any atom is 0.244 e. The molecule has 1 saturated carbocycles. The predicted octanol–water partition coefficient (Wildman–Crippen LogP) is 2.87. The molecule has 1 N–H and O–H groups in total. The Labute approximate surface area is 145 Å². The van der Waals surface area contributed by atoms with Gasteiger partial charge in [-0.1, -0.05) is 11.6 Å². The first-order valence-corrected chi connectivity index (χ1v) is 9.66. The van der Waals surface area contributed by atoms with Crippen LogP contribution in [0.15, 0.2) is 21.5 Å². The molecule has 0 aliphatic heterocycles. The van der Waals surface area contributed by atoms with E-state index in [1.807, 2.05) is 14.0 Å². The molecule has 0 spiro atoms. The monoisotopic (exact) mass is 410 g/mol. The summed E-state index contributed by atoms with van der Waals surface area (Å²) < 4.78 is 33.4. The second-order valence-corrected chi connectivity index (χ2v) is 8.54. The number of likely N-dealkylation sites (N-methyl/N-ethyl adjacent to an activating group) is 1. The van der Waals surface area contributed by atoms with Crippen LogP contribution >= 0.6 is 27.5 Å². The van der Waals surface area contributed by atoms with Crippen LogP contribution in [0.5, 0.6) is 5.75 Å². The number of hydrogen-bond donors (Lipinski definition) is 1. The Balaban J connectivity index is 2.16. The minimum Gasteiger partial charge on any atom is -0.494 e. The van der Waals surface area contributed by atoms with Gasteiger partial charge in [-0.3, -0.25) is 4.90 Å². The summed E-state index contributed by atoms with van der Waals surface area (Å²) in [5, 5.41) is 0.330. The maximum atomic E-state index is 12.5. The summed E-state index contributed by atoms with van der Waals surface area (Å²) in [6.45, 7) is 2.34. The van der Waals surface area contributed by atoms with Crippen molar-refractivity contribution in [2.45, 2.75) is 36.7 Å². The molecule has 1 fully saturated rings. The van der Waals surface area contributed by atoms with E-state index in [2.05, 4.69) is 25.6 Å². The Morgan fingerprint density at radius 2 is 2.14 bits per heavy atom. The van der Waals surface area contributed by atoms with Crippen LogP contribution in [-0.4, -0.2) is 46.1 Å². The fraction of sp³-hybridized carbons (Fsp3) is 0.571. The van der Waals surface area contributed by atoms with E-state index in [-0.39, 0.29) is 16.7 Å². The Morgan fingerprint density at radius 3 is 2.68 bits per heavy atom. The molecular formula is C14H20BrClN2O3S. The molecular weight excluding hydrogens is 392 g/mol. The highest BCUT2D eigenvalue weighted by molar-refractivity contribution is 9.10. The largest absolute Gasteiger partial charge is 0.494 e. The first-order chi connectivity index (χ1) is 10.3. The van der Waals surface area contributed by atoms with E-state index in [1.165, 1.54) is 26.0 Å². The number of halogens is 2. The van der Waals surface area contributed by atoms with Crippen LogP contribution in [-0.2, 0) is 10.0 Å². The van der Waals surface area contributed by atoms with Crippen molar-refractivity contribution < 1.29 is 13.2 Å². The molecule has 0 bridgehead atoms. The number of nitrogens with zero attached hydrogens (tertiary/aromatic N) is 1. The van der Waals surface area contributed by atoms with Crippen molar-refractivity contribution in [2.75, 3.05) is 20.7 Å². The number of ether oxygens (including phenoxy) is 1. The highest BCUT2D eigenvalue weighted by atomic mass is 79.9. The highest BCUT2D eigenvalue weighted by Crippen LogP contribution is 2.35. The molecule has 1 aromatic carbocycles. The summed E-state index contributed by atoms with van der Waals surface area (Å²) in [6.07, 6.45) is 2.37. The lowest BCUT2D eigenvalue weighted by molar-refractivity contribution is 0.248. The number of rotatable bonds is 7. The molecule has 1 atom stereocenters. The fourth-order valence-electron chi connectivity index (χ4n) is 2.23. The molecule has 1 aromatic rings. The lowest BCUT2D eigenvalue weighted by atomic mass is 10.3. The summed E-state index contributed by atoms with van der Waals surface area (Å²) in [5.41, 5.74) is 0. The van der Waals surface area contributed by atoms with Gasteiger partial charge >= 0.3 is 0 Å². The second kappa shape index (κ2) is 7.05. The van der Waals surface area contributed by atoms with Crippen molar-refractivity contribution in [1.82, 2.24) is 9.62 Å². The Kier molecular flexibility index (Phi) is 5.77.